The van der Waals surface area contributed by atoms with Gasteiger partial charge >= 0.3 is 0 Å². The zero-order valence-electron chi connectivity index (χ0n) is 18.8. The first kappa shape index (κ1) is 23.4. The normalized spacial score (nSPS) is 11.1. The minimum absolute atomic E-state index is 0.0303. The van der Waals surface area contributed by atoms with Crippen molar-refractivity contribution in [2.24, 2.45) is 0 Å². The van der Waals surface area contributed by atoms with E-state index in [0.29, 0.717) is 11.0 Å². The molecule has 9 heteroatoms. The molecule has 7 nitrogen and oxygen atoms in total. The topological polar surface area (TPSA) is 88.9 Å². The maximum atomic E-state index is 13.8. The lowest BCUT2D eigenvalue weighted by Crippen LogP contribution is -2.19. The number of carbonyl (C=O) groups is 2. The molecule has 34 heavy (non-hydrogen) atoms. The van der Waals surface area contributed by atoms with E-state index in [9.17, 15) is 14.0 Å². The van der Waals surface area contributed by atoms with Gasteiger partial charge < -0.3 is 15.2 Å². The zero-order chi connectivity index (χ0) is 24.1. The van der Waals surface area contributed by atoms with E-state index in [0.717, 1.165) is 16.5 Å². The number of para-hydroxylation sites is 1. The van der Waals surface area contributed by atoms with Crippen molar-refractivity contribution < 1.29 is 14.0 Å². The summed E-state index contributed by atoms with van der Waals surface area (Å²) in [6.07, 6.45) is -0.0661. The minimum Gasteiger partial charge on any atom is -0.325 e. The molecule has 2 N–H and O–H groups in total. The third-order valence-corrected chi connectivity index (χ3v) is 6.03. The third-order valence-electron chi connectivity index (χ3n) is 5.08. The third kappa shape index (κ3) is 5.60. The van der Waals surface area contributed by atoms with Crippen molar-refractivity contribution in [3.63, 3.8) is 0 Å². The predicted molar refractivity (Wildman–Crippen MR) is 132 cm³/mol. The number of aromatic nitrogens is 3. The van der Waals surface area contributed by atoms with E-state index >= 15 is 0 Å². The molecule has 0 atom stereocenters. The van der Waals surface area contributed by atoms with E-state index in [1.54, 1.807) is 12.1 Å². The van der Waals surface area contributed by atoms with E-state index in [2.05, 4.69) is 20.8 Å². The Hall–Kier alpha value is -3.72. The van der Waals surface area contributed by atoms with E-state index < -0.39 is 11.7 Å². The summed E-state index contributed by atoms with van der Waals surface area (Å²) >= 11 is 1.25. The first-order valence-electron chi connectivity index (χ1n) is 10.8. The Morgan fingerprint density at radius 2 is 1.68 bits per heavy atom. The van der Waals surface area contributed by atoms with Gasteiger partial charge in [-0.15, -0.1) is 10.2 Å². The first-order valence-corrected chi connectivity index (χ1v) is 11.8. The number of carbonyl (C=O) groups excluding carboxylic acids is 2. The highest BCUT2D eigenvalue weighted by molar-refractivity contribution is 7.99. The Labute approximate surface area is 200 Å². The number of amides is 2. The molecule has 0 spiro atoms. The summed E-state index contributed by atoms with van der Waals surface area (Å²) in [7, 11) is 0. The summed E-state index contributed by atoms with van der Waals surface area (Å²) in [6.45, 7) is 3.89. The molecule has 0 bridgehead atoms. The van der Waals surface area contributed by atoms with E-state index in [-0.39, 0.29) is 29.8 Å². The average Bonchev–Trinajstić information content (AvgIpc) is 3.21. The van der Waals surface area contributed by atoms with Gasteiger partial charge in [-0.1, -0.05) is 54.2 Å². The Kier molecular flexibility index (Phi) is 7.22. The Morgan fingerprint density at radius 3 is 2.44 bits per heavy atom. The van der Waals surface area contributed by atoms with Gasteiger partial charge in [0.1, 0.15) is 11.6 Å². The molecule has 2 amide bonds. The maximum absolute atomic E-state index is 13.8. The van der Waals surface area contributed by atoms with Crippen molar-refractivity contribution in [2.45, 2.75) is 31.5 Å². The molecule has 0 unspecified atom stereocenters. The Balaban J connectivity index is 1.39. The van der Waals surface area contributed by atoms with Gasteiger partial charge in [-0.25, -0.2) is 4.39 Å². The van der Waals surface area contributed by atoms with Crippen molar-refractivity contribution in [1.82, 2.24) is 14.8 Å². The molecule has 4 aromatic rings. The molecule has 1 heterocycles. The molecule has 0 aliphatic rings. The summed E-state index contributed by atoms with van der Waals surface area (Å²) in [5, 5.41) is 16.5. The highest BCUT2D eigenvalue weighted by Gasteiger charge is 2.19. The SMILES string of the molecule is CC(C)n1c(CC(=O)Nc2ccccc2F)nnc1SCC(=O)Nc1ccc2ccccc2c1. The van der Waals surface area contributed by atoms with Gasteiger partial charge in [0.2, 0.25) is 11.8 Å². The van der Waals surface area contributed by atoms with Gasteiger partial charge in [-0.3, -0.25) is 9.59 Å². The highest BCUT2D eigenvalue weighted by atomic mass is 32.2. The average molecular weight is 478 g/mol. The minimum atomic E-state index is -0.505. The number of thioether (sulfide) groups is 1. The van der Waals surface area contributed by atoms with Gasteiger partial charge in [0.25, 0.3) is 0 Å². The molecule has 3 aromatic carbocycles. The summed E-state index contributed by atoms with van der Waals surface area (Å²) in [5.41, 5.74) is 0.836. The van der Waals surface area contributed by atoms with Crippen LogP contribution in [-0.4, -0.2) is 32.3 Å². The van der Waals surface area contributed by atoms with Gasteiger partial charge in [0, 0.05) is 11.7 Å². The van der Waals surface area contributed by atoms with Crippen LogP contribution in [0.3, 0.4) is 0 Å². The van der Waals surface area contributed by atoms with Crippen molar-refractivity contribution in [3.8, 4) is 0 Å². The molecule has 0 saturated heterocycles. The fraction of sp³-hybridized carbons (Fsp3) is 0.200. The summed E-state index contributed by atoms with van der Waals surface area (Å²) in [4.78, 5) is 25.0. The molecular weight excluding hydrogens is 453 g/mol. The second-order valence-electron chi connectivity index (χ2n) is 7.97. The van der Waals surface area contributed by atoms with Crippen molar-refractivity contribution >= 4 is 45.7 Å². The van der Waals surface area contributed by atoms with Crippen LogP contribution in [0.1, 0.15) is 25.7 Å². The lowest BCUT2D eigenvalue weighted by atomic mass is 10.1. The van der Waals surface area contributed by atoms with Crippen LogP contribution < -0.4 is 10.6 Å². The van der Waals surface area contributed by atoms with Crippen LogP contribution in [0.25, 0.3) is 10.8 Å². The van der Waals surface area contributed by atoms with E-state index in [4.69, 9.17) is 0 Å². The number of nitrogens with zero attached hydrogens (tertiary/aromatic N) is 3. The molecule has 0 radical (unpaired) electrons. The molecule has 4 rings (SSSR count). The molecule has 0 fully saturated rings. The number of fused-ring (bicyclic) bond motifs is 1. The van der Waals surface area contributed by atoms with Crippen LogP contribution in [0, 0.1) is 5.82 Å². The van der Waals surface area contributed by atoms with E-state index in [1.165, 1.54) is 23.9 Å². The van der Waals surface area contributed by atoms with Crippen molar-refractivity contribution in [2.75, 3.05) is 16.4 Å². The number of hydrogen-bond donors (Lipinski definition) is 2. The number of halogens is 1. The van der Waals surface area contributed by atoms with Gasteiger partial charge in [0.15, 0.2) is 5.16 Å². The van der Waals surface area contributed by atoms with Crippen LogP contribution in [0.5, 0.6) is 0 Å². The van der Waals surface area contributed by atoms with Gasteiger partial charge in [-0.05, 0) is 48.9 Å². The Bertz CT molecular complexity index is 1340. The standard InChI is InChI=1S/C25H24FN5O2S/c1-16(2)31-22(14-23(32)28-21-10-6-5-9-20(21)26)29-30-25(31)34-15-24(33)27-19-12-11-17-7-3-4-8-18(17)13-19/h3-13,16H,14-15H2,1-2H3,(H,27,33)(H,28,32). The van der Waals surface area contributed by atoms with Crippen LogP contribution in [0.2, 0.25) is 0 Å². The lowest BCUT2D eigenvalue weighted by molar-refractivity contribution is -0.116. The zero-order valence-corrected chi connectivity index (χ0v) is 19.6. The Morgan fingerprint density at radius 1 is 0.941 bits per heavy atom. The second-order valence-corrected chi connectivity index (χ2v) is 8.91. The number of rotatable bonds is 8. The molecule has 0 aliphatic heterocycles. The summed E-state index contributed by atoms with van der Waals surface area (Å²) in [6, 6.07) is 19.7. The number of benzene rings is 3. The molecule has 1 aromatic heterocycles. The van der Waals surface area contributed by atoms with Crippen LogP contribution in [-0.2, 0) is 16.0 Å². The smallest absolute Gasteiger partial charge is 0.234 e. The molecular formula is C25H24FN5O2S. The lowest BCUT2D eigenvalue weighted by Gasteiger charge is -2.14. The quantitative estimate of drug-likeness (QED) is 0.346. The van der Waals surface area contributed by atoms with Crippen LogP contribution >= 0.6 is 11.8 Å². The van der Waals surface area contributed by atoms with Crippen LogP contribution in [0.4, 0.5) is 15.8 Å². The fourth-order valence-corrected chi connectivity index (χ4v) is 4.43. The van der Waals surface area contributed by atoms with Crippen LogP contribution in [0.15, 0.2) is 71.9 Å². The largest absolute Gasteiger partial charge is 0.325 e. The highest BCUT2D eigenvalue weighted by Crippen LogP contribution is 2.23. The van der Waals surface area contributed by atoms with Gasteiger partial charge in [0.05, 0.1) is 17.9 Å². The molecule has 0 aliphatic carbocycles. The summed E-state index contributed by atoms with van der Waals surface area (Å²) < 4.78 is 15.6. The number of hydrogen-bond acceptors (Lipinski definition) is 5. The first-order chi connectivity index (χ1) is 16.4. The second kappa shape index (κ2) is 10.5. The molecule has 174 valence electrons. The van der Waals surface area contributed by atoms with Crippen molar-refractivity contribution in [1.29, 1.82) is 0 Å². The predicted octanol–water partition coefficient (Wildman–Crippen LogP) is 5.06. The maximum Gasteiger partial charge on any atom is 0.234 e. The molecule has 0 saturated carbocycles. The fourth-order valence-electron chi connectivity index (χ4n) is 3.54. The van der Waals surface area contributed by atoms with E-state index in [1.807, 2.05) is 60.9 Å². The number of anilines is 2. The van der Waals surface area contributed by atoms with Gasteiger partial charge in [-0.2, -0.15) is 0 Å². The number of nitrogens with one attached hydrogen (secondary N) is 2. The summed E-state index contributed by atoms with van der Waals surface area (Å²) in [5.74, 6) is -0.488. The monoisotopic (exact) mass is 477 g/mol. The van der Waals surface area contributed by atoms with Crippen molar-refractivity contribution in [3.05, 3.63) is 78.4 Å².